The van der Waals surface area contributed by atoms with Gasteiger partial charge in [0.05, 0.1) is 18.2 Å². The quantitative estimate of drug-likeness (QED) is 0.466. The second kappa shape index (κ2) is 9.55. The Balaban J connectivity index is 1.87. The molecule has 1 aromatic heterocycles. The van der Waals surface area contributed by atoms with Gasteiger partial charge in [-0.2, -0.15) is 23.7 Å². The van der Waals surface area contributed by atoms with Crippen molar-refractivity contribution in [1.82, 2.24) is 10.3 Å². The molecular formula is C24H22F4N6O2. The van der Waals surface area contributed by atoms with Gasteiger partial charge in [0.15, 0.2) is 6.10 Å². The molecule has 0 unspecified atom stereocenters. The SMILES string of the molecule is C=C(/C(F)=C\C=C(/C)NC(=O)c1ccc(C#N)cn1)[C@]12CO[C@H](C(F)(F)F)[C@H]1C[C@@](C)(C#N)C(N)=N2. The molecular weight excluding hydrogens is 480 g/mol. The molecule has 12 heteroatoms. The van der Waals surface area contributed by atoms with Crippen LogP contribution in [0.5, 0.6) is 0 Å². The molecule has 0 aromatic carbocycles. The van der Waals surface area contributed by atoms with Gasteiger partial charge in [-0.15, -0.1) is 0 Å². The van der Waals surface area contributed by atoms with Crippen molar-refractivity contribution in [2.45, 2.75) is 38.1 Å². The van der Waals surface area contributed by atoms with Crippen LogP contribution in [0.15, 0.2) is 59.1 Å². The molecule has 2 aliphatic heterocycles. The zero-order valence-electron chi connectivity index (χ0n) is 19.4. The molecule has 2 aliphatic rings. The second-order valence-corrected chi connectivity index (χ2v) is 8.79. The van der Waals surface area contributed by atoms with E-state index in [2.05, 4.69) is 21.9 Å². The molecule has 3 heterocycles. The van der Waals surface area contributed by atoms with Crippen LogP contribution in [0.25, 0.3) is 0 Å². The third kappa shape index (κ3) is 4.86. The minimum Gasteiger partial charge on any atom is -0.386 e. The maximum atomic E-state index is 15.2. The van der Waals surface area contributed by atoms with Gasteiger partial charge in [-0.25, -0.2) is 9.37 Å². The summed E-state index contributed by atoms with van der Waals surface area (Å²) in [5, 5.41) is 20.8. The summed E-state index contributed by atoms with van der Waals surface area (Å²) in [6.45, 7) is 5.86. The van der Waals surface area contributed by atoms with Crippen LogP contribution in [0, 0.1) is 34.0 Å². The minimum atomic E-state index is -4.77. The fourth-order valence-corrected chi connectivity index (χ4v) is 4.15. The topological polar surface area (TPSA) is 137 Å². The zero-order chi connectivity index (χ0) is 26.9. The Hall–Kier alpha value is -4.03. The molecule has 188 valence electrons. The zero-order valence-corrected chi connectivity index (χ0v) is 19.4. The monoisotopic (exact) mass is 502 g/mol. The first kappa shape index (κ1) is 26.6. The Kier molecular flexibility index (Phi) is 7.05. The molecule has 3 rings (SSSR count). The van der Waals surface area contributed by atoms with Crippen LogP contribution in [0.2, 0.25) is 0 Å². The van der Waals surface area contributed by atoms with Crippen LogP contribution < -0.4 is 11.1 Å². The number of alkyl halides is 3. The fourth-order valence-electron chi connectivity index (χ4n) is 4.15. The van der Waals surface area contributed by atoms with Gasteiger partial charge in [0.2, 0.25) is 0 Å². The lowest BCUT2D eigenvalue weighted by Crippen LogP contribution is -2.53. The summed E-state index contributed by atoms with van der Waals surface area (Å²) >= 11 is 0. The number of nitriles is 2. The highest BCUT2D eigenvalue weighted by Gasteiger charge is 2.64. The molecule has 8 nitrogen and oxygen atoms in total. The van der Waals surface area contributed by atoms with E-state index >= 15 is 4.39 Å². The summed E-state index contributed by atoms with van der Waals surface area (Å²) in [4.78, 5) is 20.3. The van der Waals surface area contributed by atoms with Gasteiger partial charge in [0.25, 0.3) is 5.91 Å². The molecule has 1 amide bonds. The molecule has 0 bridgehead atoms. The summed E-state index contributed by atoms with van der Waals surface area (Å²) in [6.07, 6.45) is -4.05. The van der Waals surface area contributed by atoms with E-state index in [1.807, 2.05) is 12.1 Å². The average molecular weight is 502 g/mol. The maximum absolute atomic E-state index is 15.2. The van der Waals surface area contributed by atoms with Crippen molar-refractivity contribution in [3.05, 3.63) is 65.4 Å². The van der Waals surface area contributed by atoms with E-state index in [1.165, 1.54) is 38.3 Å². The Morgan fingerprint density at radius 2 is 2.06 bits per heavy atom. The number of pyridine rings is 1. The van der Waals surface area contributed by atoms with E-state index in [0.29, 0.717) is 0 Å². The molecule has 36 heavy (non-hydrogen) atoms. The number of nitrogens with two attached hydrogens (primary N) is 1. The van der Waals surface area contributed by atoms with Gasteiger partial charge in [-0.3, -0.25) is 9.79 Å². The molecule has 3 N–H and O–H groups in total. The van der Waals surface area contributed by atoms with E-state index in [-0.39, 0.29) is 34.8 Å². The lowest BCUT2D eigenvalue weighted by molar-refractivity contribution is -0.218. The third-order valence-corrected chi connectivity index (χ3v) is 6.27. The average Bonchev–Trinajstić information content (AvgIpc) is 3.21. The molecule has 1 aromatic rings. The van der Waals surface area contributed by atoms with Gasteiger partial charge in [0, 0.05) is 23.4 Å². The number of amidine groups is 1. The Morgan fingerprint density at radius 1 is 1.36 bits per heavy atom. The van der Waals surface area contributed by atoms with Gasteiger partial charge in [-0.05, 0) is 44.6 Å². The van der Waals surface area contributed by atoms with Gasteiger partial charge >= 0.3 is 6.18 Å². The van der Waals surface area contributed by atoms with Crippen LogP contribution in [0.1, 0.15) is 36.3 Å². The van der Waals surface area contributed by atoms with Crippen molar-refractivity contribution < 1.29 is 27.1 Å². The number of nitrogens with one attached hydrogen (secondary N) is 1. The first-order valence-corrected chi connectivity index (χ1v) is 10.6. The van der Waals surface area contributed by atoms with Crippen molar-refractivity contribution in [3.8, 4) is 12.1 Å². The van der Waals surface area contributed by atoms with Crippen molar-refractivity contribution in [1.29, 1.82) is 10.5 Å². The number of nitrogens with zero attached hydrogens (tertiary/aromatic N) is 4. The fraction of sp³-hybridized carbons (Fsp3) is 0.375. The smallest absolute Gasteiger partial charge is 0.386 e. The Labute approximate surface area is 204 Å². The highest BCUT2D eigenvalue weighted by atomic mass is 19.4. The van der Waals surface area contributed by atoms with Crippen LogP contribution in [0.3, 0.4) is 0 Å². The summed E-state index contributed by atoms with van der Waals surface area (Å²) in [5.74, 6) is -3.25. The molecule has 0 spiro atoms. The molecule has 0 aliphatic carbocycles. The van der Waals surface area contributed by atoms with Crippen molar-refractivity contribution >= 4 is 11.7 Å². The standard InChI is InChI=1S/C24H22F4N6O2/c1-13(33-20(35)18-7-5-15(9-29)10-32-18)4-6-17(25)14(2)23-12-36-19(24(26,27)28)16(23)8-22(3,11-30)21(31)34-23/h4-7,10,16,19H,2,8,12H2,1,3H3,(H2,31,34)(H,33,35)/b13-4+,17-6+/t16-,19+,22+,23-/m1/s1. The van der Waals surface area contributed by atoms with E-state index in [1.54, 1.807) is 0 Å². The highest BCUT2D eigenvalue weighted by molar-refractivity contribution is 5.93. The van der Waals surface area contributed by atoms with E-state index in [0.717, 1.165) is 6.08 Å². The number of fused-ring (bicyclic) bond motifs is 1. The lowest BCUT2D eigenvalue weighted by Gasteiger charge is -2.42. The Morgan fingerprint density at radius 3 is 2.61 bits per heavy atom. The number of halogens is 4. The van der Waals surface area contributed by atoms with Crippen LogP contribution in [0.4, 0.5) is 17.6 Å². The van der Waals surface area contributed by atoms with Crippen molar-refractivity contribution in [2.24, 2.45) is 22.1 Å². The largest absolute Gasteiger partial charge is 0.415 e. The number of carbonyl (C=O) groups is 1. The van der Waals surface area contributed by atoms with E-state index < -0.39 is 47.5 Å². The first-order chi connectivity index (χ1) is 16.8. The van der Waals surface area contributed by atoms with Crippen LogP contribution in [-0.2, 0) is 4.74 Å². The summed E-state index contributed by atoms with van der Waals surface area (Å²) < 4.78 is 61.3. The number of amides is 1. The summed E-state index contributed by atoms with van der Waals surface area (Å²) in [5.41, 5.74) is 2.71. The van der Waals surface area contributed by atoms with Gasteiger partial charge < -0.3 is 15.8 Å². The summed E-state index contributed by atoms with van der Waals surface area (Å²) in [7, 11) is 0. The lowest BCUT2D eigenvalue weighted by atomic mass is 9.66. The number of aliphatic imine (C=N–C) groups is 1. The highest BCUT2D eigenvalue weighted by Crippen LogP contribution is 2.53. The maximum Gasteiger partial charge on any atom is 0.415 e. The number of carbonyl (C=O) groups excluding carboxylic acids is 1. The summed E-state index contributed by atoms with van der Waals surface area (Å²) in [6, 6.07) is 6.52. The molecule has 0 saturated carbocycles. The molecule has 1 saturated heterocycles. The predicted octanol–water partition coefficient (Wildman–Crippen LogP) is 3.60. The van der Waals surface area contributed by atoms with Crippen LogP contribution in [-0.4, -0.2) is 41.2 Å². The first-order valence-electron chi connectivity index (χ1n) is 10.6. The van der Waals surface area contributed by atoms with Crippen LogP contribution >= 0.6 is 0 Å². The number of allylic oxidation sites excluding steroid dienone is 3. The van der Waals surface area contributed by atoms with E-state index in [9.17, 15) is 23.2 Å². The second-order valence-electron chi connectivity index (χ2n) is 8.79. The molecule has 4 atom stereocenters. The normalized spacial score (nSPS) is 28.4. The number of hydrogen-bond donors (Lipinski definition) is 2. The van der Waals surface area contributed by atoms with E-state index in [4.69, 9.17) is 15.7 Å². The number of aromatic nitrogens is 1. The minimum absolute atomic E-state index is 0.0196. The van der Waals surface area contributed by atoms with Crippen molar-refractivity contribution in [2.75, 3.05) is 6.61 Å². The molecule has 1 fully saturated rings. The third-order valence-electron chi connectivity index (χ3n) is 6.27. The number of ether oxygens (including phenoxy) is 1. The number of rotatable bonds is 5. The van der Waals surface area contributed by atoms with Crippen molar-refractivity contribution in [3.63, 3.8) is 0 Å². The predicted molar refractivity (Wildman–Crippen MR) is 120 cm³/mol. The number of hydrogen-bond acceptors (Lipinski definition) is 7. The molecule has 0 radical (unpaired) electrons. The van der Waals surface area contributed by atoms with Gasteiger partial charge in [-0.1, -0.05) is 6.58 Å². The Bertz CT molecular complexity index is 1260. The van der Waals surface area contributed by atoms with Gasteiger partial charge in [0.1, 0.15) is 34.4 Å².